The molecule has 0 spiro atoms. The van der Waals surface area contributed by atoms with E-state index in [9.17, 15) is 18.1 Å². The number of hydrogen-bond donors (Lipinski definition) is 1. The molecule has 1 saturated heterocycles. The van der Waals surface area contributed by atoms with Gasteiger partial charge >= 0.3 is 0 Å². The summed E-state index contributed by atoms with van der Waals surface area (Å²) < 4.78 is 38.7. The van der Waals surface area contributed by atoms with Crippen LogP contribution >= 0.6 is 7.14 Å². The van der Waals surface area contributed by atoms with E-state index in [1.807, 2.05) is 20.0 Å². The van der Waals surface area contributed by atoms with Gasteiger partial charge in [-0.3, -0.25) is 4.90 Å². The Morgan fingerprint density at radius 1 is 1.05 bits per heavy atom. The molecule has 3 heterocycles. The fraction of sp³-hybridized carbons (Fsp3) is 0.419. The predicted octanol–water partition coefficient (Wildman–Crippen LogP) is 5.14. The van der Waals surface area contributed by atoms with Crippen molar-refractivity contribution in [2.75, 3.05) is 44.5 Å². The number of piperidine rings is 1. The first kappa shape index (κ1) is 31.9. The Kier molecular flexibility index (Phi) is 10.3. The van der Waals surface area contributed by atoms with Crippen LogP contribution in [0.1, 0.15) is 31.5 Å². The zero-order valence-corrected chi connectivity index (χ0v) is 26.8. The summed E-state index contributed by atoms with van der Waals surface area (Å²) in [5.41, 5.74) is 1.81. The second-order valence-corrected chi connectivity index (χ2v) is 16.9. The van der Waals surface area contributed by atoms with Gasteiger partial charge in [0, 0.05) is 26.2 Å². The molecule has 226 valence electrons. The van der Waals surface area contributed by atoms with Crippen LogP contribution < -0.4 is 4.90 Å². The van der Waals surface area contributed by atoms with Gasteiger partial charge in [0.15, 0.2) is 5.65 Å². The van der Waals surface area contributed by atoms with Crippen molar-refractivity contribution in [3.63, 3.8) is 0 Å². The van der Waals surface area contributed by atoms with Gasteiger partial charge in [-0.25, -0.2) is 22.4 Å². The normalized spacial score (nSPS) is 18.0. The van der Waals surface area contributed by atoms with E-state index in [0.29, 0.717) is 17.1 Å². The summed E-state index contributed by atoms with van der Waals surface area (Å²) in [6.07, 6.45) is 3.29. The number of benzene rings is 2. The second kappa shape index (κ2) is 13.5. The number of aliphatic hydroxyl groups excluding tert-OH is 1. The summed E-state index contributed by atoms with van der Waals surface area (Å²) in [4.78, 5) is 13.7. The van der Waals surface area contributed by atoms with Gasteiger partial charge in [0.1, 0.15) is 12.1 Å². The number of aliphatic hydroxyl groups is 1. The molecule has 9 nitrogen and oxygen atoms in total. The minimum Gasteiger partial charge on any atom is -0.390 e. The van der Waals surface area contributed by atoms with Crippen LogP contribution in [0.15, 0.2) is 78.0 Å². The number of fused-ring (bicyclic) bond motifs is 1. The molecule has 0 amide bonds. The summed E-state index contributed by atoms with van der Waals surface area (Å²) in [5, 5.41) is 10.7. The van der Waals surface area contributed by atoms with Crippen molar-refractivity contribution in [2.24, 2.45) is 5.92 Å². The Balaban J connectivity index is 0.000000612. The molecule has 0 saturated carbocycles. The molecule has 0 bridgehead atoms. The van der Waals surface area contributed by atoms with Crippen LogP contribution in [-0.4, -0.2) is 78.0 Å². The topological polar surface area (TPSA) is 109 Å². The van der Waals surface area contributed by atoms with Gasteiger partial charge in [-0.15, -0.1) is 0 Å². The van der Waals surface area contributed by atoms with E-state index < -0.39 is 23.8 Å². The van der Waals surface area contributed by atoms with Crippen molar-refractivity contribution in [1.82, 2.24) is 18.8 Å². The largest absolute Gasteiger partial charge is 0.390 e. The van der Waals surface area contributed by atoms with Crippen LogP contribution in [0.25, 0.3) is 11.0 Å². The van der Waals surface area contributed by atoms with Crippen LogP contribution in [0.4, 0.5) is 5.82 Å². The molecule has 2 aromatic heterocycles. The number of hydrogen-bond acceptors (Lipinski definition) is 8. The first-order valence-corrected chi connectivity index (χ1v) is 18.5. The highest BCUT2D eigenvalue weighted by Crippen LogP contribution is 2.34. The van der Waals surface area contributed by atoms with E-state index in [1.54, 1.807) is 49.7 Å². The highest BCUT2D eigenvalue weighted by atomic mass is 32.2. The Hall–Kier alpha value is -3.04. The van der Waals surface area contributed by atoms with Crippen LogP contribution in [0.2, 0.25) is 0 Å². The van der Waals surface area contributed by atoms with Crippen molar-refractivity contribution in [3.05, 3.63) is 84.3 Å². The maximum absolute atomic E-state index is 13.5. The summed E-state index contributed by atoms with van der Waals surface area (Å²) in [7, 11) is -3.58. The van der Waals surface area contributed by atoms with E-state index in [2.05, 4.69) is 51.0 Å². The zero-order chi connectivity index (χ0) is 30.5. The molecule has 2 unspecified atom stereocenters. The third-order valence-corrected chi connectivity index (χ3v) is 11.2. The number of likely N-dealkylation sites (tertiary alicyclic amines) is 1. The van der Waals surface area contributed by atoms with Crippen LogP contribution in [0.5, 0.6) is 0 Å². The van der Waals surface area contributed by atoms with Crippen molar-refractivity contribution < 1.29 is 18.1 Å². The van der Waals surface area contributed by atoms with Crippen LogP contribution in [0.3, 0.4) is 0 Å². The molecular weight excluding hydrogens is 569 g/mol. The van der Waals surface area contributed by atoms with Gasteiger partial charge in [0.05, 0.1) is 29.7 Å². The van der Waals surface area contributed by atoms with E-state index >= 15 is 0 Å². The zero-order valence-electron chi connectivity index (χ0n) is 25.1. The summed E-state index contributed by atoms with van der Waals surface area (Å²) in [5.74, 6) is 1.09. The summed E-state index contributed by atoms with van der Waals surface area (Å²) in [6.45, 7) is 10.1. The van der Waals surface area contributed by atoms with Gasteiger partial charge in [-0.2, -0.15) is 0 Å². The second-order valence-electron chi connectivity index (χ2n) is 11.4. The standard InChI is InChI=1S/C27H31N5O3S.C4H11OP/c1-20-13-14-31(16-21-9-5-3-6-10-21)17-25(20)30(2)26-24-15-22(18-33)32(27(24)29-19-28-26)36(34,35)23-11-7-4-8-12-23;1-4-6(2,3)5/h3-12,15,19-20,25,33H,13-14,16-18H2,1-2H3;4H2,1-3H3. The smallest absolute Gasteiger partial charge is 0.269 e. The van der Waals surface area contributed by atoms with Gasteiger partial charge in [-0.05, 0) is 62.1 Å². The molecule has 5 rings (SSSR count). The molecule has 2 aromatic carbocycles. The number of nitrogens with zero attached hydrogens (tertiary/aromatic N) is 5. The molecule has 0 radical (unpaired) electrons. The highest BCUT2D eigenvalue weighted by Gasteiger charge is 2.32. The minimum atomic E-state index is -3.95. The lowest BCUT2D eigenvalue weighted by atomic mass is 9.92. The third kappa shape index (κ3) is 7.29. The number of likely N-dealkylation sites (N-methyl/N-ethyl adjacent to an activating group) is 1. The first-order chi connectivity index (χ1) is 20.0. The number of anilines is 1. The average molecular weight is 612 g/mol. The Labute approximate surface area is 249 Å². The van der Waals surface area contributed by atoms with E-state index in [0.717, 1.165) is 36.2 Å². The van der Waals surface area contributed by atoms with E-state index in [1.165, 1.54) is 11.9 Å². The fourth-order valence-corrected chi connectivity index (χ4v) is 6.65. The number of aromatic nitrogens is 3. The van der Waals surface area contributed by atoms with Gasteiger partial charge < -0.3 is 14.6 Å². The lowest BCUT2D eigenvalue weighted by Crippen LogP contribution is -2.50. The summed E-state index contributed by atoms with van der Waals surface area (Å²) in [6, 6.07) is 20.5. The molecular formula is C31H42N5O4PS. The fourth-order valence-electron chi connectivity index (χ4n) is 5.15. The van der Waals surface area contributed by atoms with Crippen LogP contribution in [0, 0.1) is 5.92 Å². The molecule has 1 aliphatic rings. The Morgan fingerprint density at radius 3 is 2.26 bits per heavy atom. The quantitative estimate of drug-likeness (QED) is 0.273. The maximum Gasteiger partial charge on any atom is 0.269 e. The molecule has 1 aliphatic heterocycles. The van der Waals surface area contributed by atoms with Crippen molar-refractivity contribution in [2.45, 2.75) is 44.4 Å². The van der Waals surface area contributed by atoms with Gasteiger partial charge in [0.25, 0.3) is 10.0 Å². The summed E-state index contributed by atoms with van der Waals surface area (Å²) >= 11 is 0. The third-order valence-electron chi connectivity index (χ3n) is 7.89. The SMILES string of the molecule is CC1CCN(Cc2ccccc2)CC1N(C)c1ncnc2c1cc(CO)n2S(=O)(=O)c1ccccc1.CCP(C)(C)=O. The van der Waals surface area contributed by atoms with Gasteiger partial charge in [-0.1, -0.05) is 62.4 Å². The van der Waals surface area contributed by atoms with Crippen molar-refractivity contribution >= 4 is 34.0 Å². The van der Waals surface area contributed by atoms with Crippen molar-refractivity contribution in [1.29, 1.82) is 0 Å². The first-order valence-electron chi connectivity index (χ1n) is 14.3. The molecule has 2 atom stereocenters. The minimum absolute atomic E-state index is 0.142. The molecule has 4 aromatic rings. The number of rotatable bonds is 8. The molecule has 0 aliphatic carbocycles. The van der Waals surface area contributed by atoms with E-state index in [-0.39, 0.29) is 22.3 Å². The van der Waals surface area contributed by atoms with Gasteiger partial charge in [0.2, 0.25) is 0 Å². The highest BCUT2D eigenvalue weighted by molar-refractivity contribution is 7.90. The Bertz CT molecular complexity index is 1620. The van der Waals surface area contributed by atoms with E-state index in [4.69, 9.17) is 0 Å². The molecule has 42 heavy (non-hydrogen) atoms. The predicted molar refractivity (Wildman–Crippen MR) is 170 cm³/mol. The van der Waals surface area contributed by atoms with Crippen molar-refractivity contribution in [3.8, 4) is 0 Å². The molecule has 1 N–H and O–H groups in total. The molecule has 11 heteroatoms. The Morgan fingerprint density at radius 2 is 1.67 bits per heavy atom. The maximum atomic E-state index is 13.5. The lowest BCUT2D eigenvalue weighted by molar-refractivity contribution is 0.159. The average Bonchev–Trinajstić information content (AvgIpc) is 3.39. The van der Waals surface area contributed by atoms with Crippen LogP contribution in [-0.2, 0) is 27.7 Å². The monoisotopic (exact) mass is 611 g/mol. The molecule has 1 fully saturated rings. The lowest BCUT2D eigenvalue weighted by Gasteiger charge is -2.42.